The van der Waals surface area contributed by atoms with Crippen LogP contribution in [0.15, 0.2) is 86.8 Å². The lowest BCUT2D eigenvalue weighted by molar-refractivity contribution is 0.0711. The van der Waals surface area contributed by atoms with Crippen LogP contribution in [0.25, 0.3) is 0 Å². The minimum absolute atomic E-state index is 0.145. The number of amides is 1. The number of carbonyl (C=O) groups excluding carboxylic acids is 1. The monoisotopic (exact) mass is 516 g/mol. The molecule has 0 bridgehead atoms. The van der Waals surface area contributed by atoms with Crippen molar-refractivity contribution >= 4 is 55.1 Å². The molecule has 3 aromatic rings. The predicted molar refractivity (Wildman–Crippen MR) is 120 cm³/mol. The van der Waals surface area contributed by atoms with Gasteiger partial charge < -0.3 is 0 Å². The molecule has 140 valence electrons. The van der Waals surface area contributed by atoms with Gasteiger partial charge in [-0.15, -0.1) is 0 Å². The molecular weight excluding hydrogens is 504 g/mol. The van der Waals surface area contributed by atoms with Gasteiger partial charge in [-0.1, -0.05) is 67.7 Å². The van der Waals surface area contributed by atoms with Crippen LogP contribution >= 0.6 is 43.5 Å². The van der Waals surface area contributed by atoms with Crippen LogP contribution in [0.4, 0.5) is 0 Å². The van der Waals surface area contributed by atoms with E-state index in [1.54, 1.807) is 29.3 Å². The lowest BCUT2D eigenvalue weighted by Gasteiger charge is -2.22. The highest BCUT2D eigenvalue weighted by Gasteiger charge is 2.33. The van der Waals surface area contributed by atoms with Gasteiger partial charge in [0.25, 0.3) is 5.91 Å². The fourth-order valence-electron chi connectivity index (χ4n) is 3.21. The fourth-order valence-corrected chi connectivity index (χ4v) is 4.02. The third-order valence-corrected chi connectivity index (χ3v) is 5.89. The molecule has 0 aliphatic carbocycles. The van der Waals surface area contributed by atoms with E-state index >= 15 is 0 Å². The van der Waals surface area contributed by atoms with Crippen LogP contribution in [-0.2, 0) is 0 Å². The topological polar surface area (TPSA) is 32.7 Å². The average molecular weight is 519 g/mol. The van der Waals surface area contributed by atoms with Gasteiger partial charge in [-0.2, -0.15) is 5.10 Å². The van der Waals surface area contributed by atoms with E-state index < -0.39 is 0 Å². The van der Waals surface area contributed by atoms with E-state index in [1.807, 2.05) is 48.5 Å². The molecule has 1 atom stereocenters. The molecule has 0 radical (unpaired) electrons. The van der Waals surface area contributed by atoms with Gasteiger partial charge in [0, 0.05) is 26.0 Å². The van der Waals surface area contributed by atoms with Gasteiger partial charge in [0.05, 0.1) is 11.8 Å². The summed E-state index contributed by atoms with van der Waals surface area (Å²) in [6.45, 7) is 0. The minimum atomic E-state index is -0.167. The third kappa shape index (κ3) is 4.07. The van der Waals surface area contributed by atoms with Crippen LogP contribution in [0.1, 0.15) is 33.9 Å². The van der Waals surface area contributed by atoms with Crippen molar-refractivity contribution < 1.29 is 4.79 Å². The summed E-state index contributed by atoms with van der Waals surface area (Å²) in [5, 5.41) is 6.89. The molecule has 1 unspecified atom stereocenters. The second kappa shape index (κ2) is 8.19. The maximum atomic E-state index is 13.2. The summed E-state index contributed by atoms with van der Waals surface area (Å²) in [6.07, 6.45) is 0.650. The lowest BCUT2D eigenvalue weighted by Crippen LogP contribution is -2.27. The Morgan fingerprint density at radius 1 is 0.964 bits per heavy atom. The predicted octanol–water partition coefficient (Wildman–Crippen LogP) is 6.86. The molecule has 28 heavy (non-hydrogen) atoms. The summed E-state index contributed by atoms with van der Waals surface area (Å²) in [5.74, 6) is -0.145. The summed E-state index contributed by atoms with van der Waals surface area (Å²) >= 11 is 13.0. The van der Waals surface area contributed by atoms with Crippen LogP contribution in [0.3, 0.4) is 0 Å². The molecule has 1 heterocycles. The molecule has 1 aliphatic heterocycles. The van der Waals surface area contributed by atoms with Gasteiger partial charge >= 0.3 is 0 Å². The van der Waals surface area contributed by atoms with Crippen molar-refractivity contribution in [2.24, 2.45) is 5.10 Å². The Kier molecular flexibility index (Phi) is 5.67. The molecule has 0 N–H and O–H groups in total. The maximum absolute atomic E-state index is 13.2. The standard InChI is InChI=1S/C22H15Br2ClN2O/c23-17-8-4-14(5-9-17)20-13-21(16-2-1-3-18(24)12-16)27(26-20)22(28)15-6-10-19(25)11-7-15/h1-12,21H,13H2. The first-order valence-electron chi connectivity index (χ1n) is 8.69. The maximum Gasteiger partial charge on any atom is 0.274 e. The highest BCUT2D eigenvalue weighted by Crippen LogP contribution is 2.35. The average Bonchev–Trinajstić information content (AvgIpc) is 3.14. The summed E-state index contributed by atoms with van der Waals surface area (Å²) < 4.78 is 1.98. The van der Waals surface area contributed by atoms with E-state index in [-0.39, 0.29) is 11.9 Å². The lowest BCUT2D eigenvalue weighted by atomic mass is 9.98. The van der Waals surface area contributed by atoms with Gasteiger partial charge in [0.15, 0.2) is 0 Å². The number of nitrogens with zero attached hydrogens (tertiary/aromatic N) is 2. The largest absolute Gasteiger partial charge is 0.274 e. The summed E-state index contributed by atoms with van der Waals surface area (Å²) in [7, 11) is 0. The molecular formula is C22H15Br2ClN2O. The molecule has 0 fully saturated rings. The van der Waals surface area contributed by atoms with Gasteiger partial charge in [0.1, 0.15) is 0 Å². The van der Waals surface area contributed by atoms with Crippen LogP contribution < -0.4 is 0 Å². The van der Waals surface area contributed by atoms with E-state index in [1.165, 1.54) is 0 Å². The number of benzene rings is 3. The first-order valence-corrected chi connectivity index (χ1v) is 10.7. The first kappa shape index (κ1) is 19.4. The van der Waals surface area contributed by atoms with Crippen LogP contribution in [0, 0.1) is 0 Å². The fraction of sp³-hybridized carbons (Fsp3) is 0.0909. The number of hydrogen-bond donors (Lipinski definition) is 0. The molecule has 0 spiro atoms. The second-order valence-electron chi connectivity index (χ2n) is 6.49. The number of rotatable bonds is 3. The third-order valence-electron chi connectivity index (χ3n) is 4.62. The normalized spacial score (nSPS) is 16.2. The van der Waals surface area contributed by atoms with Crippen molar-refractivity contribution in [2.45, 2.75) is 12.5 Å². The molecule has 3 aromatic carbocycles. The van der Waals surface area contributed by atoms with E-state index in [0.29, 0.717) is 17.0 Å². The van der Waals surface area contributed by atoms with E-state index in [0.717, 1.165) is 25.8 Å². The molecule has 1 aliphatic rings. The smallest absolute Gasteiger partial charge is 0.267 e. The molecule has 1 amide bonds. The van der Waals surface area contributed by atoms with Gasteiger partial charge in [0.2, 0.25) is 0 Å². The first-order chi connectivity index (χ1) is 13.5. The number of hydrazone groups is 1. The van der Waals surface area contributed by atoms with Gasteiger partial charge in [-0.3, -0.25) is 4.79 Å². The van der Waals surface area contributed by atoms with Crippen molar-refractivity contribution in [3.8, 4) is 0 Å². The highest BCUT2D eigenvalue weighted by molar-refractivity contribution is 9.10. The Morgan fingerprint density at radius 2 is 1.68 bits per heavy atom. The van der Waals surface area contributed by atoms with Crippen LogP contribution in [0.2, 0.25) is 5.02 Å². The number of hydrogen-bond acceptors (Lipinski definition) is 2. The van der Waals surface area contributed by atoms with Gasteiger partial charge in [-0.05, 0) is 59.7 Å². The Bertz CT molecular complexity index is 1050. The van der Waals surface area contributed by atoms with Crippen LogP contribution in [-0.4, -0.2) is 16.6 Å². The summed E-state index contributed by atoms with van der Waals surface area (Å²) in [5.41, 5.74) is 3.49. The Balaban J connectivity index is 1.73. The van der Waals surface area contributed by atoms with Crippen molar-refractivity contribution in [3.05, 3.63) is 103 Å². The van der Waals surface area contributed by atoms with E-state index in [4.69, 9.17) is 16.7 Å². The zero-order chi connectivity index (χ0) is 19.7. The van der Waals surface area contributed by atoms with Crippen LogP contribution in [0.5, 0.6) is 0 Å². The van der Waals surface area contributed by atoms with Crippen molar-refractivity contribution in [2.75, 3.05) is 0 Å². The van der Waals surface area contributed by atoms with Crippen molar-refractivity contribution in [3.63, 3.8) is 0 Å². The zero-order valence-electron chi connectivity index (χ0n) is 14.6. The molecule has 6 heteroatoms. The van der Waals surface area contributed by atoms with E-state index in [2.05, 4.69) is 31.9 Å². The summed E-state index contributed by atoms with van der Waals surface area (Å²) in [4.78, 5) is 13.2. The number of carbonyl (C=O) groups is 1. The molecule has 4 rings (SSSR count). The number of halogens is 3. The zero-order valence-corrected chi connectivity index (χ0v) is 18.6. The summed E-state index contributed by atoms with van der Waals surface area (Å²) in [6, 6.07) is 22.7. The Hall–Kier alpha value is -1.95. The second-order valence-corrected chi connectivity index (χ2v) is 8.75. The highest BCUT2D eigenvalue weighted by atomic mass is 79.9. The molecule has 0 saturated heterocycles. The minimum Gasteiger partial charge on any atom is -0.267 e. The van der Waals surface area contributed by atoms with E-state index in [9.17, 15) is 4.79 Å². The SMILES string of the molecule is O=C(c1ccc(Cl)cc1)N1N=C(c2ccc(Br)cc2)CC1c1cccc(Br)c1. The van der Waals surface area contributed by atoms with Gasteiger partial charge in [-0.25, -0.2) is 5.01 Å². The molecule has 3 nitrogen and oxygen atoms in total. The quantitative estimate of drug-likeness (QED) is 0.373. The Labute approximate surface area is 185 Å². The Morgan fingerprint density at radius 3 is 2.36 bits per heavy atom. The van der Waals surface area contributed by atoms with Crippen molar-refractivity contribution in [1.29, 1.82) is 0 Å². The molecule has 0 aromatic heterocycles. The van der Waals surface area contributed by atoms with Crippen molar-refractivity contribution in [1.82, 2.24) is 5.01 Å². The molecule has 0 saturated carbocycles.